The molecule has 0 fully saturated rings. The summed E-state index contributed by atoms with van der Waals surface area (Å²) in [6.07, 6.45) is 0. The number of nitrogen functional groups attached to an aromatic ring is 1. The molecule has 2 aromatic rings. The number of methoxy groups -OCH3 is 1. The summed E-state index contributed by atoms with van der Waals surface area (Å²) in [6, 6.07) is 5.58. The van der Waals surface area contributed by atoms with Crippen LogP contribution in [0.25, 0.3) is 0 Å². The highest BCUT2D eigenvalue weighted by molar-refractivity contribution is 7.98. The van der Waals surface area contributed by atoms with Crippen LogP contribution in [0.2, 0.25) is 0 Å². The van der Waals surface area contributed by atoms with Gasteiger partial charge in [0.2, 0.25) is 5.16 Å². The first-order valence-corrected chi connectivity index (χ1v) is 6.47. The maximum atomic E-state index is 7.54. The van der Waals surface area contributed by atoms with Crippen LogP contribution in [-0.4, -0.2) is 33.2 Å². The zero-order chi connectivity index (χ0) is 13.8. The number of thioether (sulfide) groups is 1. The molecule has 0 radical (unpaired) electrons. The summed E-state index contributed by atoms with van der Waals surface area (Å²) >= 11 is 1.52. The number of ether oxygens (including phenoxy) is 1. The predicted molar refractivity (Wildman–Crippen MR) is 72.4 cm³/mol. The quantitative estimate of drug-likeness (QED) is 0.476. The summed E-state index contributed by atoms with van der Waals surface area (Å²) in [5, 5.41) is 19.5. The van der Waals surface area contributed by atoms with Crippen molar-refractivity contribution in [1.29, 1.82) is 5.41 Å². The van der Waals surface area contributed by atoms with E-state index in [1.807, 2.05) is 18.2 Å². The van der Waals surface area contributed by atoms with Gasteiger partial charge in [0.1, 0.15) is 11.6 Å². The van der Waals surface area contributed by atoms with Gasteiger partial charge in [0.05, 0.1) is 12.7 Å². The zero-order valence-corrected chi connectivity index (χ0v) is 11.4. The fourth-order valence-corrected chi connectivity index (χ4v) is 2.34. The molecule has 0 saturated carbocycles. The topological polar surface area (TPSA) is 103 Å². The van der Waals surface area contributed by atoms with Gasteiger partial charge in [-0.15, -0.1) is 5.10 Å². The summed E-state index contributed by atoms with van der Waals surface area (Å²) in [5.74, 6) is 1.28. The van der Waals surface area contributed by atoms with Gasteiger partial charge in [0, 0.05) is 12.8 Å². The van der Waals surface area contributed by atoms with Crippen LogP contribution in [0.1, 0.15) is 11.1 Å². The Balaban J connectivity index is 2.15. The van der Waals surface area contributed by atoms with Gasteiger partial charge >= 0.3 is 0 Å². The molecule has 0 unspecified atom stereocenters. The molecule has 8 heteroatoms. The van der Waals surface area contributed by atoms with E-state index < -0.39 is 0 Å². The van der Waals surface area contributed by atoms with Crippen LogP contribution in [-0.2, 0) is 12.8 Å². The van der Waals surface area contributed by atoms with Gasteiger partial charge in [-0.3, -0.25) is 5.41 Å². The second kappa shape index (κ2) is 5.70. The van der Waals surface area contributed by atoms with Gasteiger partial charge in [0.15, 0.2) is 0 Å². The molecule has 1 heterocycles. The molecule has 1 aromatic carbocycles. The third-order valence-electron chi connectivity index (χ3n) is 2.50. The lowest BCUT2D eigenvalue weighted by atomic mass is 10.1. The van der Waals surface area contributed by atoms with Crippen molar-refractivity contribution < 1.29 is 4.74 Å². The lowest BCUT2D eigenvalue weighted by Crippen LogP contribution is -2.12. The lowest BCUT2D eigenvalue weighted by molar-refractivity contribution is 0.413. The van der Waals surface area contributed by atoms with E-state index in [9.17, 15) is 0 Å². The first kappa shape index (κ1) is 13.3. The molecule has 3 N–H and O–H groups in total. The van der Waals surface area contributed by atoms with Gasteiger partial charge in [0.25, 0.3) is 0 Å². The number of aromatic nitrogens is 4. The molecule has 0 amide bonds. The van der Waals surface area contributed by atoms with Crippen molar-refractivity contribution in [2.24, 2.45) is 12.8 Å². The molecule has 0 atom stereocenters. The number of hydrogen-bond donors (Lipinski definition) is 2. The Kier molecular flexibility index (Phi) is 4.00. The Labute approximate surface area is 114 Å². The average Bonchev–Trinajstić information content (AvgIpc) is 2.81. The summed E-state index contributed by atoms with van der Waals surface area (Å²) < 4.78 is 6.78. The maximum Gasteiger partial charge on any atom is 0.209 e. The fraction of sp³-hybridized carbons (Fsp3) is 0.273. The third-order valence-corrected chi connectivity index (χ3v) is 3.59. The van der Waals surface area contributed by atoms with Crippen molar-refractivity contribution in [2.45, 2.75) is 10.9 Å². The fourth-order valence-electron chi connectivity index (χ4n) is 1.55. The molecule has 0 aliphatic heterocycles. The van der Waals surface area contributed by atoms with E-state index in [-0.39, 0.29) is 5.84 Å². The van der Waals surface area contributed by atoms with Gasteiger partial charge < -0.3 is 10.5 Å². The Morgan fingerprint density at radius 1 is 1.53 bits per heavy atom. The molecule has 0 aliphatic rings. The van der Waals surface area contributed by atoms with E-state index in [2.05, 4.69) is 15.5 Å². The van der Waals surface area contributed by atoms with Crippen molar-refractivity contribution in [3.63, 3.8) is 0 Å². The van der Waals surface area contributed by atoms with Crippen molar-refractivity contribution >= 4 is 17.6 Å². The maximum absolute atomic E-state index is 7.54. The number of rotatable bonds is 5. The van der Waals surface area contributed by atoms with E-state index >= 15 is 0 Å². The van der Waals surface area contributed by atoms with Crippen LogP contribution in [0.3, 0.4) is 0 Å². The molecule has 100 valence electrons. The second-order valence-electron chi connectivity index (χ2n) is 3.82. The number of nitrogens with one attached hydrogen (secondary N) is 1. The van der Waals surface area contributed by atoms with E-state index in [1.165, 1.54) is 11.8 Å². The first-order valence-electron chi connectivity index (χ1n) is 5.48. The van der Waals surface area contributed by atoms with E-state index in [4.69, 9.17) is 15.9 Å². The monoisotopic (exact) mass is 278 g/mol. The minimum Gasteiger partial charge on any atom is -0.496 e. The van der Waals surface area contributed by atoms with Crippen LogP contribution >= 0.6 is 11.8 Å². The molecule has 0 saturated heterocycles. The minimum absolute atomic E-state index is 0.0102. The first-order chi connectivity index (χ1) is 9.11. The van der Waals surface area contributed by atoms with Crippen molar-refractivity contribution in [3.05, 3.63) is 29.3 Å². The SMILES string of the molecule is COc1ccc(CSc2nnnn2C)cc1C(=N)N. The molecule has 7 nitrogen and oxygen atoms in total. The Morgan fingerprint density at radius 2 is 2.32 bits per heavy atom. The van der Waals surface area contributed by atoms with Crippen LogP contribution in [0.15, 0.2) is 23.4 Å². The van der Waals surface area contributed by atoms with Crippen molar-refractivity contribution in [3.8, 4) is 5.75 Å². The molecule has 0 bridgehead atoms. The van der Waals surface area contributed by atoms with Gasteiger partial charge in [-0.25, -0.2) is 4.68 Å². The zero-order valence-electron chi connectivity index (χ0n) is 10.6. The molecule has 1 aromatic heterocycles. The minimum atomic E-state index is -0.0102. The number of nitrogens with two attached hydrogens (primary N) is 1. The number of aryl methyl sites for hydroxylation is 1. The van der Waals surface area contributed by atoms with E-state index in [1.54, 1.807) is 18.8 Å². The van der Waals surface area contributed by atoms with Crippen LogP contribution in [0, 0.1) is 5.41 Å². The largest absolute Gasteiger partial charge is 0.496 e. The summed E-state index contributed by atoms with van der Waals surface area (Å²) in [7, 11) is 3.35. The van der Waals surface area contributed by atoms with Gasteiger partial charge in [-0.2, -0.15) is 0 Å². The average molecular weight is 278 g/mol. The number of amidine groups is 1. The Morgan fingerprint density at radius 3 is 2.89 bits per heavy atom. The van der Waals surface area contributed by atoms with Crippen LogP contribution in [0.5, 0.6) is 5.75 Å². The smallest absolute Gasteiger partial charge is 0.209 e. The number of hydrogen-bond acceptors (Lipinski definition) is 6. The molecule has 0 aliphatic carbocycles. The number of tetrazole rings is 1. The summed E-state index contributed by atoms with van der Waals surface area (Å²) in [5.41, 5.74) is 7.15. The highest BCUT2D eigenvalue weighted by Crippen LogP contribution is 2.24. The van der Waals surface area contributed by atoms with E-state index in [0.717, 1.165) is 10.7 Å². The van der Waals surface area contributed by atoms with Gasteiger partial charge in [-0.05, 0) is 28.1 Å². The molecular formula is C11H14N6OS. The molecular weight excluding hydrogens is 264 g/mol. The van der Waals surface area contributed by atoms with Crippen molar-refractivity contribution in [1.82, 2.24) is 20.2 Å². The highest BCUT2D eigenvalue weighted by Gasteiger charge is 2.09. The second-order valence-corrected chi connectivity index (χ2v) is 4.76. The predicted octanol–water partition coefficient (Wildman–Crippen LogP) is 0.795. The summed E-state index contributed by atoms with van der Waals surface area (Å²) in [4.78, 5) is 0. The van der Waals surface area contributed by atoms with E-state index in [0.29, 0.717) is 17.1 Å². The third kappa shape index (κ3) is 3.02. The number of nitrogens with zero attached hydrogens (tertiary/aromatic N) is 4. The molecule has 0 spiro atoms. The molecule has 2 rings (SSSR count). The van der Waals surface area contributed by atoms with Crippen molar-refractivity contribution in [2.75, 3.05) is 7.11 Å². The highest BCUT2D eigenvalue weighted by atomic mass is 32.2. The lowest BCUT2D eigenvalue weighted by Gasteiger charge is -2.09. The summed E-state index contributed by atoms with van der Waals surface area (Å²) in [6.45, 7) is 0. The standard InChI is InChI=1S/C11H14N6OS/c1-17-11(14-15-16-17)19-6-7-3-4-9(18-2)8(5-7)10(12)13/h3-5H,6H2,1-2H3,(H3,12,13). The molecule has 19 heavy (non-hydrogen) atoms. The van der Waals surface area contributed by atoms with Crippen LogP contribution in [0.4, 0.5) is 0 Å². The van der Waals surface area contributed by atoms with Crippen LogP contribution < -0.4 is 10.5 Å². The Hall–Kier alpha value is -2.09. The van der Waals surface area contributed by atoms with Gasteiger partial charge in [-0.1, -0.05) is 17.8 Å². The Bertz CT molecular complexity index is 597. The normalized spacial score (nSPS) is 10.4. The number of benzene rings is 1.